The van der Waals surface area contributed by atoms with Crippen LogP contribution in [0.15, 0.2) is 30.5 Å². The summed E-state index contributed by atoms with van der Waals surface area (Å²) in [5, 5.41) is 23.9. The zero-order chi connectivity index (χ0) is 25.8. The van der Waals surface area contributed by atoms with E-state index in [0.29, 0.717) is 40.2 Å². The van der Waals surface area contributed by atoms with Crippen LogP contribution in [0.2, 0.25) is 0 Å². The molecule has 3 N–H and O–H groups in total. The number of anilines is 1. The summed E-state index contributed by atoms with van der Waals surface area (Å²) in [5.41, 5.74) is 3.95. The van der Waals surface area contributed by atoms with Gasteiger partial charge in [-0.3, -0.25) is 9.48 Å². The highest BCUT2D eigenvalue weighted by Crippen LogP contribution is 2.37. The van der Waals surface area contributed by atoms with Gasteiger partial charge in [0.2, 0.25) is 0 Å². The number of aryl methyl sites for hydroxylation is 2. The highest BCUT2D eigenvalue weighted by Gasteiger charge is 2.26. The van der Waals surface area contributed by atoms with Crippen molar-refractivity contribution in [2.24, 2.45) is 7.05 Å². The first-order valence-corrected chi connectivity index (χ1v) is 13.1. The molecular weight excluding hydrogens is 466 g/mol. The van der Waals surface area contributed by atoms with Crippen molar-refractivity contribution in [3.63, 3.8) is 0 Å². The van der Waals surface area contributed by atoms with E-state index in [1.807, 2.05) is 38.4 Å². The molecule has 1 amide bonds. The van der Waals surface area contributed by atoms with Crippen LogP contribution in [-0.2, 0) is 7.05 Å². The van der Waals surface area contributed by atoms with Gasteiger partial charge < -0.3 is 20.6 Å². The number of amides is 1. The summed E-state index contributed by atoms with van der Waals surface area (Å²) in [7, 11) is 1.85. The second kappa shape index (κ2) is 8.99. The van der Waals surface area contributed by atoms with E-state index in [-0.39, 0.29) is 17.7 Å². The lowest BCUT2D eigenvalue weighted by molar-refractivity contribution is 0.0913. The topological polar surface area (TPSA) is 108 Å². The fraction of sp³-hybridized carbons (Fsp3) is 0.429. The Hall–Kier alpha value is -3.72. The molecule has 1 saturated heterocycles. The van der Waals surface area contributed by atoms with Gasteiger partial charge in [-0.15, -0.1) is 0 Å². The van der Waals surface area contributed by atoms with Gasteiger partial charge in [-0.25, -0.2) is 9.97 Å². The number of nitrogens with zero attached hydrogens (tertiary/aromatic N) is 5. The summed E-state index contributed by atoms with van der Waals surface area (Å²) < 4.78 is 1.72. The molecule has 0 spiro atoms. The smallest absolute Gasteiger partial charge is 0.270 e. The first-order chi connectivity index (χ1) is 17.8. The van der Waals surface area contributed by atoms with Crippen molar-refractivity contribution in [1.29, 1.82) is 0 Å². The maximum absolute atomic E-state index is 13.5. The van der Waals surface area contributed by atoms with Crippen LogP contribution in [0.4, 0.5) is 5.69 Å². The van der Waals surface area contributed by atoms with E-state index in [0.717, 1.165) is 54.3 Å². The Labute approximate surface area is 215 Å². The lowest BCUT2D eigenvalue weighted by Gasteiger charge is -2.37. The zero-order valence-corrected chi connectivity index (χ0v) is 21.7. The first kappa shape index (κ1) is 23.7. The molecular formula is C28H33N7O2. The average molecular weight is 500 g/mol. The highest BCUT2D eigenvalue weighted by atomic mass is 16.3. The van der Waals surface area contributed by atoms with Gasteiger partial charge in [0.05, 0.1) is 16.6 Å². The molecule has 0 radical (unpaired) electrons. The quantitative estimate of drug-likeness (QED) is 0.393. The Morgan fingerprint density at radius 3 is 2.59 bits per heavy atom. The maximum Gasteiger partial charge on any atom is 0.270 e. The number of aromatic nitrogens is 4. The fourth-order valence-corrected chi connectivity index (χ4v) is 5.56. The van der Waals surface area contributed by atoms with Gasteiger partial charge in [0.1, 0.15) is 11.4 Å². The van der Waals surface area contributed by atoms with Gasteiger partial charge in [-0.1, -0.05) is 0 Å². The Kier molecular flexibility index (Phi) is 5.75. The van der Waals surface area contributed by atoms with Crippen LogP contribution in [0, 0.1) is 6.92 Å². The lowest BCUT2D eigenvalue weighted by atomic mass is 9.93. The highest BCUT2D eigenvalue weighted by molar-refractivity contribution is 6.06. The number of carbonyl (C=O) groups excluding carboxylic acids is 1. The van der Waals surface area contributed by atoms with Gasteiger partial charge in [0.15, 0.2) is 5.82 Å². The number of hydrogen-bond acceptors (Lipinski definition) is 7. The molecule has 2 aliphatic rings. The molecule has 6 rings (SSSR count). The average Bonchev–Trinajstić information content (AvgIpc) is 3.22. The normalized spacial score (nSPS) is 20.4. The monoisotopic (exact) mass is 499 g/mol. The van der Waals surface area contributed by atoms with E-state index in [4.69, 9.17) is 9.97 Å². The minimum atomic E-state index is -0.198. The Morgan fingerprint density at radius 2 is 1.89 bits per heavy atom. The number of phenols is 1. The van der Waals surface area contributed by atoms with Crippen molar-refractivity contribution >= 4 is 33.4 Å². The van der Waals surface area contributed by atoms with Gasteiger partial charge in [-0.2, -0.15) is 5.10 Å². The summed E-state index contributed by atoms with van der Waals surface area (Å²) in [6, 6.07) is 8.82. The van der Waals surface area contributed by atoms with E-state index >= 15 is 0 Å². The maximum atomic E-state index is 13.5. The molecule has 2 atom stereocenters. The number of aromatic hydroxyl groups is 1. The number of piperazine rings is 1. The molecule has 1 aliphatic heterocycles. The van der Waals surface area contributed by atoms with Crippen LogP contribution >= 0.6 is 0 Å². The number of benzene rings is 2. The van der Waals surface area contributed by atoms with E-state index in [2.05, 4.69) is 40.5 Å². The van der Waals surface area contributed by atoms with E-state index in [1.165, 1.54) is 0 Å². The van der Waals surface area contributed by atoms with Crippen LogP contribution in [0.25, 0.3) is 33.2 Å². The molecule has 1 aliphatic carbocycles. The molecule has 37 heavy (non-hydrogen) atoms. The molecule has 0 bridgehead atoms. The minimum Gasteiger partial charge on any atom is -0.507 e. The van der Waals surface area contributed by atoms with Gasteiger partial charge in [0, 0.05) is 66.5 Å². The van der Waals surface area contributed by atoms with Gasteiger partial charge in [0.25, 0.3) is 5.91 Å². The predicted octanol–water partition coefficient (Wildman–Crippen LogP) is 3.67. The van der Waals surface area contributed by atoms with Crippen molar-refractivity contribution in [3.05, 3.63) is 41.7 Å². The van der Waals surface area contributed by atoms with Crippen LogP contribution in [0.1, 0.15) is 49.2 Å². The number of rotatable bonds is 4. The van der Waals surface area contributed by atoms with E-state index < -0.39 is 0 Å². The van der Waals surface area contributed by atoms with Crippen LogP contribution in [0.3, 0.4) is 0 Å². The first-order valence-electron chi connectivity index (χ1n) is 13.1. The molecule has 9 nitrogen and oxygen atoms in total. The third-order valence-electron chi connectivity index (χ3n) is 7.62. The fourth-order valence-electron chi connectivity index (χ4n) is 5.56. The molecule has 192 valence electrons. The van der Waals surface area contributed by atoms with Crippen molar-refractivity contribution in [2.45, 2.75) is 58.2 Å². The predicted molar refractivity (Wildman–Crippen MR) is 145 cm³/mol. The van der Waals surface area contributed by atoms with Crippen LogP contribution < -0.4 is 15.5 Å². The SMILES string of the molecule is Cc1c(O)c(-c2nc(C(=O)NC3CCC3)c3cc(N4CC(C)NC(C)C4)ccc3n2)cc2cn(C)nc12. The molecule has 2 aromatic heterocycles. The number of phenolic OH excluding ortho intramolecular Hbond substituents is 1. The number of hydrogen-bond donors (Lipinski definition) is 3. The summed E-state index contributed by atoms with van der Waals surface area (Å²) in [6.45, 7) is 7.97. The van der Waals surface area contributed by atoms with Crippen molar-refractivity contribution < 1.29 is 9.90 Å². The Morgan fingerprint density at radius 1 is 1.14 bits per heavy atom. The number of carbonyl (C=O) groups is 1. The van der Waals surface area contributed by atoms with Gasteiger partial charge >= 0.3 is 0 Å². The Bertz CT molecular complexity index is 1510. The third kappa shape index (κ3) is 4.27. The molecule has 4 aromatic rings. The molecule has 2 aromatic carbocycles. The molecule has 2 unspecified atom stereocenters. The Balaban J connectivity index is 1.49. The van der Waals surface area contributed by atoms with E-state index in [1.54, 1.807) is 4.68 Å². The van der Waals surface area contributed by atoms with Crippen LogP contribution in [-0.4, -0.2) is 62.0 Å². The second-order valence-electron chi connectivity index (χ2n) is 10.7. The number of fused-ring (bicyclic) bond motifs is 2. The standard InChI is InChI=1S/C28H33N7O2/c1-15-12-35(13-16(2)29-15)20-8-9-23-21(11-20)25(28(37)30-19-6-5-7-19)32-27(31-23)22-10-18-14-34(4)33-24(18)17(3)26(22)36/h8-11,14-16,19,29,36H,5-7,12-13H2,1-4H3,(H,30,37). The van der Waals surface area contributed by atoms with Crippen molar-refractivity contribution in [1.82, 2.24) is 30.4 Å². The van der Waals surface area contributed by atoms with E-state index in [9.17, 15) is 9.90 Å². The molecule has 9 heteroatoms. The van der Waals surface area contributed by atoms with Crippen molar-refractivity contribution in [3.8, 4) is 17.1 Å². The van der Waals surface area contributed by atoms with Crippen molar-refractivity contribution in [2.75, 3.05) is 18.0 Å². The van der Waals surface area contributed by atoms with Crippen LogP contribution in [0.5, 0.6) is 5.75 Å². The molecule has 1 saturated carbocycles. The number of nitrogens with one attached hydrogen (secondary N) is 2. The van der Waals surface area contributed by atoms with Gasteiger partial charge in [-0.05, 0) is 64.3 Å². The third-order valence-corrected chi connectivity index (χ3v) is 7.62. The molecule has 3 heterocycles. The zero-order valence-electron chi connectivity index (χ0n) is 21.7. The largest absolute Gasteiger partial charge is 0.507 e. The lowest BCUT2D eigenvalue weighted by Crippen LogP contribution is -2.54. The molecule has 2 fully saturated rings. The summed E-state index contributed by atoms with van der Waals surface area (Å²) in [5.74, 6) is 0.210. The summed E-state index contributed by atoms with van der Waals surface area (Å²) in [4.78, 5) is 25.4. The summed E-state index contributed by atoms with van der Waals surface area (Å²) in [6.07, 6.45) is 5.00. The minimum absolute atomic E-state index is 0.0799. The summed E-state index contributed by atoms with van der Waals surface area (Å²) >= 11 is 0. The second-order valence-corrected chi connectivity index (χ2v) is 10.7.